The molecular formula is C14H21NO5. The Balaban J connectivity index is 3.99. The maximum Gasteiger partial charge on any atom is 0.338 e. The zero-order valence-electron chi connectivity index (χ0n) is 12.6. The molecule has 0 saturated heterocycles. The molecule has 0 atom stereocenters. The van der Waals surface area contributed by atoms with E-state index in [1.807, 2.05) is 0 Å². The SMILES string of the molecule is CC(C)(C)c1c(C(=O)O)c(C(=O)O)c(C(C)(C)C)n1O. The van der Waals surface area contributed by atoms with E-state index in [4.69, 9.17) is 0 Å². The molecule has 0 saturated carbocycles. The van der Waals surface area contributed by atoms with Crippen LogP contribution in [0.3, 0.4) is 0 Å². The molecule has 0 aliphatic rings. The van der Waals surface area contributed by atoms with E-state index in [0.717, 1.165) is 4.73 Å². The number of carboxylic acids is 2. The van der Waals surface area contributed by atoms with Crippen LogP contribution in [0, 0.1) is 0 Å². The number of carboxylic acid groups (broad SMARTS) is 2. The van der Waals surface area contributed by atoms with Gasteiger partial charge in [-0.2, -0.15) is 4.73 Å². The Morgan fingerprint density at radius 1 is 0.800 bits per heavy atom. The predicted molar refractivity (Wildman–Crippen MR) is 72.9 cm³/mol. The summed E-state index contributed by atoms with van der Waals surface area (Å²) in [6, 6.07) is 0. The lowest BCUT2D eigenvalue weighted by Gasteiger charge is -2.23. The molecule has 0 radical (unpaired) electrons. The smallest absolute Gasteiger partial charge is 0.338 e. The summed E-state index contributed by atoms with van der Waals surface area (Å²) in [7, 11) is 0. The van der Waals surface area contributed by atoms with Gasteiger partial charge >= 0.3 is 11.9 Å². The normalized spacial score (nSPS) is 12.5. The first-order valence-electron chi connectivity index (χ1n) is 6.25. The van der Waals surface area contributed by atoms with Crippen molar-refractivity contribution in [3.63, 3.8) is 0 Å². The van der Waals surface area contributed by atoms with E-state index in [9.17, 15) is 25.0 Å². The van der Waals surface area contributed by atoms with Gasteiger partial charge in [0, 0.05) is 10.8 Å². The van der Waals surface area contributed by atoms with Crippen molar-refractivity contribution in [1.29, 1.82) is 0 Å². The average Bonchev–Trinajstić information content (AvgIpc) is 2.49. The van der Waals surface area contributed by atoms with Gasteiger partial charge in [-0.05, 0) is 0 Å². The maximum atomic E-state index is 11.5. The zero-order chi connectivity index (χ0) is 16.0. The summed E-state index contributed by atoms with van der Waals surface area (Å²) in [5, 5.41) is 29.1. The minimum Gasteiger partial charge on any atom is -0.478 e. The number of hydrogen-bond donors (Lipinski definition) is 3. The Labute approximate surface area is 117 Å². The molecular weight excluding hydrogens is 262 g/mol. The lowest BCUT2D eigenvalue weighted by molar-refractivity contribution is 0.0649. The molecule has 0 amide bonds. The largest absolute Gasteiger partial charge is 0.478 e. The second-order valence-corrected chi connectivity index (χ2v) is 6.87. The van der Waals surface area contributed by atoms with Crippen molar-refractivity contribution in [2.75, 3.05) is 0 Å². The summed E-state index contributed by atoms with van der Waals surface area (Å²) in [5.41, 5.74) is -1.94. The van der Waals surface area contributed by atoms with Crippen molar-refractivity contribution in [1.82, 2.24) is 4.73 Å². The van der Waals surface area contributed by atoms with Crippen LogP contribution in [0.5, 0.6) is 0 Å². The molecule has 1 heterocycles. The second kappa shape index (κ2) is 4.54. The van der Waals surface area contributed by atoms with Gasteiger partial charge in [0.25, 0.3) is 0 Å². The fraction of sp³-hybridized carbons (Fsp3) is 0.571. The minimum atomic E-state index is -1.36. The van der Waals surface area contributed by atoms with E-state index >= 15 is 0 Å². The maximum absolute atomic E-state index is 11.5. The molecule has 0 spiro atoms. The summed E-state index contributed by atoms with van der Waals surface area (Å²) in [6.45, 7) is 10.3. The molecule has 6 nitrogen and oxygen atoms in total. The fourth-order valence-electron chi connectivity index (χ4n) is 2.36. The first kappa shape index (κ1) is 16.1. The molecule has 0 unspecified atom stereocenters. The quantitative estimate of drug-likeness (QED) is 0.725. The molecule has 6 heteroatoms. The summed E-state index contributed by atoms with van der Waals surface area (Å²) in [4.78, 5) is 23.0. The Kier molecular flexibility index (Phi) is 3.65. The van der Waals surface area contributed by atoms with Gasteiger partial charge in [-0.3, -0.25) is 0 Å². The Bertz CT molecular complexity index is 520. The third-order valence-electron chi connectivity index (χ3n) is 3.00. The van der Waals surface area contributed by atoms with Gasteiger partial charge in [0.1, 0.15) is 0 Å². The molecule has 0 aromatic carbocycles. The van der Waals surface area contributed by atoms with Crippen molar-refractivity contribution < 1.29 is 25.0 Å². The number of hydrogen-bond acceptors (Lipinski definition) is 3. The monoisotopic (exact) mass is 283 g/mol. The molecule has 1 aromatic rings. The van der Waals surface area contributed by atoms with E-state index < -0.39 is 22.8 Å². The number of rotatable bonds is 2. The standard InChI is InChI=1S/C14H21NO5/c1-13(2,3)9-7(11(16)17)8(12(18)19)10(15(9)20)14(4,5)6/h20H,1-6H3,(H,16,17)(H,18,19). The number of aromatic carboxylic acids is 2. The summed E-state index contributed by atoms with van der Waals surface area (Å²) in [6.07, 6.45) is 0. The summed E-state index contributed by atoms with van der Waals surface area (Å²) >= 11 is 0. The van der Waals surface area contributed by atoms with Gasteiger partial charge in [-0.15, -0.1) is 0 Å². The Hall–Kier alpha value is -1.98. The highest BCUT2D eigenvalue weighted by Gasteiger charge is 2.39. The van der Waals surface area contributed by atoms with Crippen molar-refractivity contribution in [3.05, 3.63) is 22.5 Å². The lowest BCUT2D eigenvalue weighted by Crippen LogP contribution is -2.23. The Morgan fingerprint density at radius 3 is 1.20 bits per heavy atom. The zero-order valence-corrected chi connectivity index (χ0v) is 12.6. The van der Waals surface area contributed by atoms with Crippen LogP contribution in [-0.4, -0.2) is 32.1 Å². The molecule has 20 heavy (non-hydrogen) atoms. The summed E-state index contributed by atoms with van der Waals surface area (Å²) in [5.74, 6) is -2.71. The lowest BCUT2D eigenvalue weighted by atomic mass is 9.86. The van der Waals surface area contributed by atoms with Crippen LogP contribution >= 0.6 is 0 Å². The van der Waals surface area contributed by atoms with E-state index in [0.29, 0.717) is 0 Å². The van der Waals surface area contributed by atoms with E-state index in [1.54, 1.807) is 41.5 Å². The van der Waals surface area contributed by atoms with Crippen LogP contribution in [0.25, 0.3) is 0 Å². The van der Waals surface area contributed by atoms with Crippen LogP contribution < -0.4 is 0 Å². The van der Waals surface area contributed by atoms with Crippen LogP contribution in [0.4, 0.5) is 0 Å². The number of aromatic nitrogens is 1. The summed E-state index contributed by atoms with van der Waals surface area (Å²) < 4.78 is 0.729. The molecule has 3 N–H and O–H groups in total. The number of carbonyl (C=O) groups is 2. The molecule has 112 valence electrons. The van der Waals surface area contributed by atoms with Gasteiger partial charge in [0.15, 0.2) is 0 Å². The van der Waals surface area contributed by atoms with Gasteiger partial charge in [0.05, 0.1) is 22.5 Å². The molecule has 0 aliphatic carbocycles. The van der Waals surface area contributed by atoms with Crippen LogP contribution in [0.2, 0.25) is 0 Å². The fourth-order valence-corrected chi connectivity index (χ4v) is 2.36. The second-order valence-electron chi connectivity index (χ2n) is 6.87. The van der Waals surface area contributed by atoms with Gasteiger partial charge < -0.3 is 15.4 Å². The molecule has 1 aromatic heterocycles. The van der Waals surface area contributed by atoms with Crippen LogP contribution in [-0.2, 0) is 10.8 Å². The van der Waals surface area contributed by atoms with Gasteiger partial charge in [0.2, 0.25) is 0 Å². The first-order chi connectivity index (χ1) is 8.80. The first-order valence-corrected chi connectivity index (χ1v) is 6.25. The van der Waals surface area contributed by atoms with Crippen molar-refractivity contribution in [2.24, 2.45) is 0 Å². The molecule has 1 rings (SSSR count). The third kappa shape index (κ3) is 2.50. The number of nitrogens with zero attached hydrogens (tertiary/aromatic N) is 1. The highest BCUT2D eigenvalue weighted by molar-refractivity contribution is 6.04. The third-order valence-corrected chi connectivity index (χ3v) is 3.00. The van der Waals surface area contributed by atoms with E-state index in [2.05, 4.69) is 0 Å². The van der Waals surface area contributed by atoms with Crippen LogP contribution in [0.15, 0.2) is 0 Å². The van der Waals surface area contributed by atoms with E-state index in [-0.39, 0.29) is 22.5 Å². The van der Waals surface area contributed by atoms with Crippen LogP contribution in [0.1, 0.15) is 73.6 Å². The van der Waals surface area contributed by atoms with Crippen molar-refractivity contribution in [2.45, 2.75) is 52.4 Å². The van der Waals surface area contributed by atoms with Gasteiger partial charge in [-0.1, -0.05) is 41.5 Å². The van der Waals surface area contributed by atoms with Crippen molar-refractivity contribution >= 4 is 11.9 Å². The highest BCUT2D eigenvalue weighted by atomic mass is 16.5. The average molecular weight is 283 g/mol. The Morgan fingerprint density at radius 2 is 1.05 bits per heavy atom. The topological polar surface area (TPSA) is 99.8 Å². The highest BCUT2D eigenvalue weighted by Crippen LogP contribution is 2.37. The van der Waals surface area contributed by atoms with E-state index in [1.165, 1.54) is 0 Å². The molecule has 0 fully saturated rings. The molecule has 0 bridgehead atoms. The van der Waals surface area contributed by atoms with Gasteiger partial charge in [-0.25, -0.2) is 9.59 Å². The minimum absolute atomic E-state index is 0.0901. The molecule has 0 aliphatic heterocycles. The predicted octanol–water partition coefficient (Wildman–Crippen LogP) is 2.72. The van der Waals surface area contributed by atoms with Crippen molar-refractivity contribution in [3.8, 4) is 0 Å².